The number of carbonyl (C=O) groups is 3. The van der Waals surface area contributed by atoms with Crippen LogP contribution in [0.3, 0.4) is 0 Å². The van der Waals surface area contributed by atoms with Gasteiger partial charge >= 0.3 is 0 Å². The predicted octanol–water partition coefficient (Wildman–Crippen LogP) is 8.00. The van der Waals surface area contributed by atoms with Gasteiger partial charge in [0.1, 0.15) is 0 Å². The van der Waals surface area contributed by atoms with E-state index < -0.39 is 5.60 Å². The zero-order valence-corrected chi connectivity index (χ0v) is 27.5. The lowest BCUT2D eigenvalue weighted by molar-refractivity contribution is -0.137. The SMILES string of the molecule is CC/C=C\C/C=C\C/C=C\C/C=C\C/C=C\CCCC(=O)N1CCC(CN(C)C(=O)C2=CC(=O)C(C)(c3ccccc3)O2)CC1. The Bertz CT molecular complexity index is 1260. The van der Waals surface area contributed by atoms with Gasteiger partial charge in [0.2, 0.25) is 11.7 Å². The molecule has 45 heavy (non-hydrogen) atoms. The summed E-state index contributed by atoms with van der Waals surface area (Å²) in [6.45, 7) is 5.86. The highest BCUT2D eigenvalue weighted by Gasteiger charge is 2.44. The van der Waals surface area contributed by atoms with Gasteiger partial charge in [0.15, 0.2) is 11.4 Å². The molecule has 1 aromatic rings. The monoisotopic (exact) mass is 612 g/mol. The summed E-state index contributed by atoms with van der Waals surface area (Å²) in [6, 6.07) is 9.26. The van der Waals surface area contributed by atoms with Crippen LogP contribution in [-0.4, -0.2) is 54.1 Å². The molecule has 1 unspecified atom stereocenters. The van der Waals surface area contributed by atoms with E-state index in [9.17, 15) is 14.4 Å². The van der Waals surface area contributed by atoms with Crippen LogP contribution < -0.4 is 0 Å². The molecule has 0 aliphatic carbocycles. The van der Waals surface area contributed by atoms with E-state index in [0.29, 0.717) is 18.9 Å². The van der Waals surface area contributed by atoms with Crippen molar-refractivity contribution in [1.82, 2.24) is 9.80 Å². The molecule has 0 radical (unpaired) electrons. The number of amides is 2. The second-order valence-corrected chi connectivity index (χ2v) is 12.0. The fourth-order valence-electron chi connectivity index (χ4n) is 5.54. The zero-order valence-electron chi connectivity index (χ0n) is 27.5. The second kappa shape index (κ2) is 19.5. The molecule has 2 amide bonds. The quantitative estimate of drug-likeness (QED) is 0.132. The van der Waals surface area contributed by atoms with Crippen LogP contribution in [0.2, 0.25) is 0 Å². The number of ether oxygens (including phenoxy) is 1. The fraction of sp³-hybridized carbons (Fsp3) is 0.462. The van der Waals surface area contributed by atoms with Gasteiger partial charge in [-0.3, -0.25) is 14.4 Å². The van der Waals surface area contributed by atoms with Gasteiger partial charge in [0.05, 0.1) is 0 Å². The number of benzene rings is 1. The lowest BCUT2D eigenvalue weighted by Crippen LogP contribution is -2.42. The van der Waals surface area contributed by atoms with Crippen molar-refractivity contribution >= 4 is 17.6 Å². The van der Waals surface area contributed by atoms with Crippen LogP contribution in [0.4, 0.5) is 0 Å². The van der Waals surface area contributed by atoms with Crippen molar-refractivity contribution in [3.63, 3.8) is 0 Å². The highest BCUT2D eigenvalue weighted by molar-refractivity contribution is 6.07. The first-order valence-corrected chi connectivity index (χ1v) is 16.6. The number of ketones is 1. The Morgan fingerprint density at radius 2 is 1.44 bits per heavy atom. The van der Waals surface area contributed by atoms with Gasteiger partial charge < -0.3 is 14.5 Å². The summed E-state index contributed by atoms with van der Waals surface area (Å²) in [5.41, 5.74) is -0.446. The number of likely N-dealkylation sites (tertiary alicyclic amines) is 1. The minimum absolute atomic E-state index is 0.0916. The Hall–Kier alpha value is -3.93. The summed E-state index contributed by atoms with van der Waals surface area (Å²) in [7, 11) is 1.75. The van der Waals surface area contributed by atoms with Gasteiger partial charge in [0, 0.05) is 44.7 Å². The Labute approximate surface area is 270 Å². The maximum atomic E-state index is 13.1. The Morgan fingerprint density at radius 1 is 0.889 bits per heavy atom. The Kier molecular flexibility index (Phi) is 15.4. The minimum Gasteiger partial charge on any atom is -0.469 e. The van der Waals surface area contributed by atoms with E-state index >= 15 is 0 Å². The summed E-state index contributed by atoms with van der Waals surface area (Å²) < 4.78 is 5.93. The molecule has 242 valence electrons. The lowest BCUT2D eigenvalue weighted by Gasteiger charge is -2.34. The average molecular weight is 613 g/mol. The van der Waals surface area contributed by atoms with Crippen molar-refractivity contribution in [2.75, 3.05) is 26.7 Å². The maximum absolute atomic E-state index is 13.1. The number of carbonyl (C=O) groups excluding carboxylic acids is 3. The first kappa shape index (κ1) is 35.5. The van der Waals surface area contributed by atoms with Gasteiger partial charge in [0.25, 0.3) is 5.91 Å². The molecule has 2 heterocycles. The number of unbranched alkanes of at least 4 members (excludes halogenated alkanes) is 1. The van der Waals surface area contributed by atoms with Gasteiger partial charge in [-0.1, -0.05) is 98.0 Å². The molecule has 3 rings (SSSR count). The van der Waals surface area contributed by atoms with Crippen LogP contribution in [0.15, 0.2) is 103 Å². The van der Waals surface area contributed by atoms with Crippen LogP contribution in [0.1, 0.15) is 83.6 Å². The normalized spacial score (nSPS) is 19.5. The van der Waals surface area contributed by atoms with E-state index in [0.717, 1.165) is 76.4 Å². The van der Waals surface area contributed by atoms with E-state index in [-0.39, 0.29) is 23.4 Å². The second-order valence-electron chi connectivity index (χ2n) is 12.0. The third-order valence-electron chi connectivity index (χ3n) is 8.35. The number of likely N-dealkylation sites (N-methyl/N-ethyl adjacent to an activating group) is 1. The molecule has 1 aromatic carbocycles. The first-order chi connectivity index (χ1) is 21.8. The predicted molar refractivity (Wildman–Crippen MR) is 183 cm³/mol. The fourth-order valence-corrected chi connectivity index (χ4v) is 5.54. The molecule has 1 saturated heterocycles. The summed E-state index contributed by atoms with van der Waals surface area (Å²) in [4.78, 5) is 42.2. The molecule has 6 heteroatoms. The van der Waals surface area contributed by atoms with Crippen molar-refractivity contribution in [3.8, 4) is 0 Å². The van der Waals surface area contributed by atoms with E-state index in [1.165, 1.54) is 6.08 Å². The number of piperidine rings is 1. The molecule has 1 fully saturated rings. The molecule has 1 atom stereocenters. The van der Waals surface area contributed by atoms with Crippen LogP contribution in [0.5, 0.6) is 0 Å². The molecular weight excluding hydrogens is 560 g/mol. The average Bonchev–Trinajstić information content (AvgIpc) is 3.37. The molecule has 0 N–H and O–H groups in total. The maximum Gasteiger partial charge on any atom is 0.288 e. The van der Waals surface area contributed by atoms with Crippen LogP contribution in [-0.2, 0) is 24.7 Å². The minimum atomic E-state index is -1.17. The number of allylic oxidation sites excluding steroid dienone is 10. The van der Waals surface area contributed by atoms with Gasteiger partial charge in [-0.25, -0.2) is 0 Å². The molecule has 2 aliphatic rings. The lowest BCUT2D eigenvalue weighted by atomic mass is 9.92. The molecule has 0 spiro atoms. The van der Waals surface area contributed by atoms with Crippen molar-refractivity contribution in [2.45, 2.75) is 83.7 Å². The van der Waals surface area contributed by atoms with E-state index in [1.807, 2.05) is 35.2 Å². The van der Waals surface area contributed by atoms with Gasteiger partial charge in [-0.05, 0) is 70.6 Å². The number of rotatable bonds is 17. The molecular formula is C39H52N2O4. The molecule has 0 aromatic heterocycles. The van der Waals surface area contributed by atoms with Gasteiger partial charge in [-0.15, -0.1) is 0 Å². The molecule has 0 saturated carbocycles. The van der Waals surface area contributed by atoms with Crippen LogP contribution in [0.25, 0.3) is 0 Å². The summed E-state index contributed by atoms with van der Waals surface area (Å²) in [6.07, 6.45) is 32.3. The first-order valence-electron chi connectivity index (χ1n) is 16.6. The standard InChI is InChI=1S/C39H52N2O4/c1-4-5-6-7-8-9-10-11-12-13-14-15-16-17-18-19-23-26-37(43)41-29-27-33(28-30-41)32-40(3)38(44)35-31-36(42)39(2,45-35)34-24-21-20-22-25-34/h5-6,8-9,11-12,14-15,17-18,20-22,24-25,31,33H,4,7,10,13,16,19,23,26-30,32H2,1-3H3/b6-5-,9-8-,12-11-,15-14-,18-17-. The highest BCUT2D eigenvalue weighted by Crippen LogP contribution is 2.35. The number of hydrogen-bond acceptors (Lipinski definition) is 4. The smallest absolute Gasteiger partial charge is 0.288 e. The van der Waals surface area contributed by atoms with Crippen LogP contribution >= 0.6 is 0 Å². The van der Waals surface area contributed by atoms with Crippen molar-refractivity contribution in [2.24, 2.45) is 5.92 Å². The highest BCUT2D eigenvalue weighted by atomic mass is 16.5. The summed E-state index contributed by atoms with van der Waals surface area (Å²) in [5.74, 6) is 0.111. The van der Waals surface area contributed by atoms with Crippen molar-refractivity contribution in [1.29, 1.82) is 0 Å². The topological polar surface area (TPSA) is 66.9 Å². The van der Waals surface area contributed by atoms with Gasteiger partial charge in [-0.2, -0.15) is 0 Å². The van der Waals surface area contributed by atoms with E-state index in [4.69, 9.17) is 4.74 Å². The van der Waals surface area contributed by atoms with E-state index in [1.54, 1.807) is 18.9 Å². The molecule has 0 bridgehead atoms. The molecule has 2 aliphatic heterocycles. The van der Waals surface area contributed by atoms with E-state index in [2.05, 4.69) is 67.7 Å². The third kappa shape index (κ3) is 11.8. The molecule has 6 nitrogen and oxygen atoms in total. The summed E-state index contributed by atoms with van der Waals surface area (Å²) >= 11 is 0. The van der Waals surface area contributed by atoms with Crippen LogP contribution in [0, 0.1) is 5.92 Å². The van der Waals surface area contributed by atoms with Crippen molar-refractivity contribution in [3.05, 3.63) is 108 Å². The number of nitrogens with zero attached hydrogens (tertiary/aromatic N) is 2. The van der Waals surface area contributed by atoms with Crippen molar-refractivity contribution < 1.29 is 19.1 Å². The Morgan fingerprint density at radius 3 is 2.02 bits per heavy atom. The summed E-state index contributed by atoms with van der Waals surface area (Å²) in [5, 5.41) is 0. The Balaban J connectivity index is 1.25. The third-order valence-corrected chi connectivity index (χ3v) is 8.35. The largest absolute Gasteiger partial charge is 0.469 e. The number of hydrogen-bond donors (Lipinski definition) is 0. The zero-order chi connectivity index (χ0) is 32.3.